The molecule has 0 spiro atoms. The highest BCUT2D eigenvalue weighted by molar-refractivity contribution is 5.80. The standard InChI is InChI=1S/C22H28O13/c1-8-15(24)17(26)19(28)21(32-8)31-7-13-16(25)18(27)20(29)22(35-13)34-12-6-10-9(5-11(12)30-2)3-4-14(23)33-10/h3-6,8,13,15-22,24-29H,7H2,1-2H3/t8-,13+,15-,16+,17+,18-,19+,20+,21?,22?/m0/s1. The van der Waals surface area contributed by atoms with Crippen molar-refractivity contribution >= 4 is 11.0 Å². The molecular formula is C22H28O13. The van der Waals surface area contributed by atoms with Crippen LogP contribution in [0.2, 0.25) is 0 Å². The monoisotopic (exact) mass is 500 g/mol. The van der Waals surface area contributed by atoms with Crippen LogP contribution < -0.4 is 15.1 Å². The molecule has 4 rings (SSSR count). The predicted octanol–water partition coefficient (Wildman–Crippen LogP) is -2.17. The summed E-state index contributed by atoms with van der Waals surface area (Å²) in [6, 6.07) is 5.67. The first-order chi connectivity index (χ1) is 16.6. The maximum absolute atomic E-state index is 11.6. The summed E-state index contributed by atoms with van der Waals surface area (Å²) in [6.07, 6.45) is -14.4. The van der Waals surface area contributed by atoms with Crippen molar-refractivity contribution in [1.29, 1.82) is 0 Å². The molecule has 0 aliphatic carbocycles. The Morgan fingerprint density at radius 3 is 2.23 bits per heavy atom. The van der Waals surface area contributed by atoms with Crippen LogP contribution >= 0.6 is 0 Å². The first-order valence-electron chi connectivity index (χ1n) is 10.9. The third-order valence-electron chi connectivity index (χ3n) is 6.05. The second-order valence-electron chi connectivity index (χ2n) is 8.44. The van der Waals surface area contributed by atoms with Crippen molar-refractivity contribution in [3.63, 3.8) is 0 Å². The second-order valence-corrected chi connectivity index (χ2v) is 8.44. The molecule has 35 heavy (non-hydrogen) atoms. The topological polar surface area (TPSA) is 198 Å². The van der Waals surface area contributed by atoms with E-state index in [1.807, 2.05) is 0 Å². The summed E-state index contributed by atoms with van der Waals surface area (Å²) in [5, 5.41) is 61.5. The number of aliphatic hydroxyl groups is 6. The highest BCUT2D eigenvalue weighted by Gasteiger charge is 2.47. The summed E-state index contributed by atoms with van der Waals surface area (Å²) in [5.74, 6) is 0.245. The third kappa shape index (κ3) is 5.14. The average Bonchev–Trinajstić information content (AvgIpc) is 2.84. The Morgan fingerprint density at radius 2 is 1.51 bits per heavy atom. The number of aliphatic hydroxyl groups excluding tert-OH is 6. The van der Waals surface area contributed by atoms with Crippen LogP contribution in [-0.2, 0) is 14.2 Å². The molecule has 3 heterocycles. The number of hydrogen-bond donors (Lipinski definition) is 6. The lowest BCUT2D eigenvalue weighted by atomic mass is 9.98. The zero-order chi connectivity index (χ0) is 25.4. The smallest absolute Gasteiger partial charge is 0.336 e. The van der Waals surface area contributed by atoms with E-state index in [9.17, 15) is 35.4 Å². The normalized spacial score (nSPS) is 37.8. The van der Waals surface area contributed by atoms with Gasteiger partial charge in [-0.25, -0.2) is 4.79 Å². The highest BCUT2D eigenvalue weighted by Crippen LogP contribution is 2.35. The summed E-state index contributed by atoms with van der Waals surface area (Å²) in [7, 11) is 1.38. The number of rotatable bonds is 6. The fourth-order valence-corrected chi connectivity index (χ4v) is 3.94. The average molecular weight is 500 g/mol. The lowest BCUT2D eigenvalue weighted by Crippen LogP contribution is -2.61. The minimum Gasteiger partial charge on any atom is -0.493 e. The fraction of sp³-hybridized carbons (Fsp3) is 0.591. The van der Waals surface area contributed by atoms with E-state index in [0.29, 0.717) is 5.39 Å². The minimum absolute atomic E-state index is 0.0265. The molecule has 6 N–H and O–H groups in total. The van der Waals surface area contributed by atoms with Crippen molar-refractivity contribution in [3.8, 4) is 11.5 Å². The van der Waals surface area contributed by atoms with Crippen molar-refractivity contribution in [1.82, 2.24) is 0 Å². The number of hydrogen-bond acceptors (Lipinski definition) is 13. The van der Waals surface area contributed by atoms with Crippen molar-refractivity contribution in [2.45, 2.75) is 68.3 Å². The molecule has 13 nitrogen and oxygen atoms in total. The largest absolute Gasteiger partial charge is 0.493 e. The number of ether oxygens (including phenoxy) is 5. The van der Waals surface area contributed by atoms with Gasteiger partial charge in [0.25, 0.3) is 0 Å². The molecule has 2 aliphatic rings. The molecule has 2 fully saturated rings. The summed E-state index contributed by atoms with van der Waals surface area (Å²) in [5.41, 5.74) is -0.408. The predicted molar refractivity (Wildman–Crippen MR) is 115 cm³/mol. The Labute approximate surface area is 198 Å². The van der Waals surface area contributed by atoms with Gasteiger partial charge in [-0.05, 0) is 19.1 Å². The maximum Gasteiger partial charge on any atom is 0.336 e. The zero-order valence-corrected chi connectivity index (χ0v) is 18.8. The van der Waals surface area contributed by atoms with Crippen LogP contribution in [0.3, 0.4) is 0 Å². The van der Waals surface area contributed by atoms with Gasteiger partial charge in [-0.15, -0.1) is 0 Å². The molecular weight excluding hydrogens is 472 g/mol. The van der Waals surface area contributed by atoms with Crippen molar-refractivity contribution in [2.75, 3.05) is 13.7 Å². The molecule has 2 saturated heterocycles. The maximum atomic E-state index is 11.6. The lowest BCUT2D eigenvalue weighted by molar-refractivity contribution is -0.318. The quantitative estimate of drug-likeness (QED) is 0.235. The first-order valence-corrected chi connectivity index (χ1v) is 10.9. The Morgan fingerprint density at radius 1 is 0.829 bits per heavy atom. The van der Waals surface area contributed by atoms with Crippen molar-refractivity contribution < 1.29 is 58.7 Å². The molecule has 2 aromatic rings. The molecule has 0 saturated carbocycles. The van der Waals surface area contributed by atoms with E-state index in [-0.39, 0.29) is 17.1 Å². The number of benzene rings is 1. The van der Waals surface area contributed by atoms with E-state index in [2.05, 4.69) is 0 Å². The van der Waals surface area contributed by atoms with Gasteiger partial charge in [0, 0.05) is 17.5 Å². The van der Waals surface area contributed by atoms with Gasteiger partial charge in [0.1, 0.15) is 48.3 Å². The Balaban J connectivity index is 1.50. The van der Waals surface area contributed by atoms with E-state index in [1.54, 1.807) is 0 Å². The molecule has 10 atom stereocenters. The lowest BCUT2D eigenvalue weighted by Gasteiger charge is -2.42. The van der Waals surface area contributed by atoms with E-state index in [1.165, 1.54) is 38.3 Å². The van der Waals surface area contributed by atoms with Gasteiger partial charge in [-0.2, -0.15) is 0 Å². The van der Waals surface area contributed by atoms with Crippen LogP contribution in [0.5, 0.6) is 11.5 Å². The Bertz CT molecular complexity index is 1070. The Hall–Kier alpha value is -2.33. The van der Waals surface area contributed by atoms with Crippen molar-refractivity contribution in [2.24, 2.45) is 0 Å². The van der Waals surface area contributed by atoms with E-state index in [0.717, 1.165) is 0 Å². The molecule has 2 aliphatic heterocycles. The number of fused-ring (bicyclic) bond motifs is 1. The fourth-order valence-electron chi connectivity index (χ4n) is 3.94. The van der Waals surface area contributed by atoms with Crippen LogP contribution in [0.15, 0.2) is 33.5 Å². The molecule has 0 amide bonds. The van der Waals surface area contributed by atoms with Crippen LogP contribution in [0, 0.1) is 0 Å². The van der Waals surface area contributed by atoms with E-state index < -0.39 is 73.6 Å². The molecule has 2 unspecified atom stereocenters. The summed E-state index contributed by atoms with van der Waals surface area (Å²) in [4.78, 5) is 11.6. The van der Waals surface area contributed by atoms with Gasteiger partial charge in [0.15, 0.2) is 17.8 Å². The van der Waals surface area contributed by atoms with Gasteiger partial charge in [0.2, 0.25) is 6.29 Å². The number of methoxy groups -OCH3 is 1. The van der Waals surface area contributed by atoms with Crippen molar-refractivity contribution in [3.05, 3.63) is 34.7 Å². The zero-order valence-electron chi connectivity index (χ0n) is 18.8. The van der Waals surface area contributed by atoms with Crippen LogP contribution in [-0.4, -0.2) is 106 Å². The SMILES string of the molecule is COc1cc2ccc(=O)oc2cc1OC1O[C@H](COC2O[C@@H](C)[C@H](O)[C@@H](O)[C@H]2O)[C@@H](O)[C@H](O)[C@H]1O. The third-order valence-corrected chi connectivity index (χ3v) is 6.05. The molecule has 1 aromatic heterocycles. The van der Waals surface area contributed by atoms with E-state index in [4.69, 9.17) is 28.1 Å². The van der Waals surface area contributed by atoms with Crippen LogP contribution in [0.1, 0.15) is 6.92 Å². The van der Waals surface area contributed by atoms with Crippen LogP contribution in [0.4, 0.5) is 0 Å². The molecule has 1 aromatic carbocycles. The Kier molecular flexibility index (Phi) is 7.61. The minimum atomic E-state index is -1.70. The molecule has 194 valence electrons. The summed E-state index contributed by atoms with van der Waals surface area (Å²) >= 11 is 0. The first kappa shape index (κ1) is 25.8. The van der Waals surface area contributed by atoms with Gasteiger partial charge < -0.3 is 58.7 Å². The van der Waals surface area contributed by atoms with Gasteiger partial charge in [-0.3, -0.25) is 0 Å². The van der Waals surface area contributed by atoms with E-state index >= 15 is 0 Å². The summed E-state index contributed by atoms with van der Waals surface area (Å²) < 4.78 is 32.5. The highest BCUT2D eigenvalue weighted by atomic mass is 16.7. The second kappa shape index (κ2) is 10.3. The van der Waals surface area contributed by atoms with Gasteiger partial charge in [-0.1, -0.05) is 0 Å². The molecule has 0 bridgehead atoms. The molecule has 13 heteroatoms. The molecule has 0 radical (unpaired) electrons. The van der Waals surface area contributed by atoms with Crippen LogP contribution in [0.25, 0.3) is 11.0 Å². The van der Waals surface area contributed by atoms with Gasteiger partial charge >= 0.3 is 5.63 Å². The van der Waals surface area contributed by atoms with Gasteiger partial charge in [0.05, 0.1) is 19.8 Å². The summed E-state index contributed by atoms with van der Waals surface area (Å²) in [6.45, 7) is 1.04.